The molecule has 39 heavy (non-hydrogen) atoms. The van der Waals surface area contributed by atoms with Gasteiger partial charge in [-0.1, -0.05) is 80.0 Å². The number of amides is 2. The van der Waals surface area contributed by atoms with Crippen LogP contribution in [0.2, 0.25) is 5.02 Å². The highest BCUT2D eigenvalue weighted by Crippen LogP contribution is 2.30. The molecule has 0 radical (unpaired) electrons. The van der Waals surface area contributed by atoms with Crippen molar-refractivity contribution in [1.82, 2.24) is 24.6 Å². The van der Waals surface area contributed by atoms with Gasteiger partial charge in [0.05, 0.1) is 5.69 Å². The van der Waals surface area contributed by atoms with Crippen LogP contribution in [0.15, 0.2) is 53.7 Å². The monoisotopic (exact) mass is 567 g/mol. The second-order valence-corrected chi connectivity index (χ2v) is 13.0. The van der Waals surface area contributed by atoms with E-state index < -0.39 is 0 Å². The third kappa shape index (κ3) is 7.63. The molecule has 3 aromatic rings. The second-order valence-electron chi connectivity index (χ2n) is 11.5. The second kappa shape index (κ2) is 12.6. The number of hydrogen-bond donors (Lipinski definition) is 0. The number of benzene rings is 2. The zero-order chi connectivity index (χ0) is 28.2. The molecule has 1 fully saturated rings. The summed E-state index contributed by atoms with van der Waals surface area (Å²) in [5, 5.41) is 10.4. The Labute approximate surface area is 240 Å². The minimum absolute atomic E-state index is 0.0309. The van der Waals surface area contributed by atoms with E-state index >= 15 is 0 Å². The molecule has 1 aliphatic rings. The van der Waals surface area contributed by atoms with E-state index in [0.29, 0.717) is 37.5 Å². The Morgan fingerprint density at radius 3 is 2.46 bits per heavy atom. The van der Waals surface area contributed by atoms with Crippen LogP contribution < -0.4 is 0 Å². The molecular weight excluding hydrogens is 530 g/mol. The average molecular weight is 568 g/mol. The normalized spacial score (nSPS) is 16.0. The molecule has 0 aliphatic carbocycles. The molecule has 208 valence electrons. The van der Waals surface area contributed by atoms with Gasteiger partial charge < -0.3 is 9.80 Å². The molecule has 1 unspecified atom stereocenters. The third-order valence-electron chi connectivity index (χ3n) is 6.76. The van der Waals surface area contributed by atoms with E-state index in [2.05, 4.69) is 50.0 Å². The molecule has 2 amide bonds. The molecule has 1 saturated heterocycles. The van der Waals surface area contributed by atoms with Crippen molar-refractivity contribution in [2.75, 3.05) is 25.4 Å². The SMILES string of the molecule is Cc1ccc(-c2nnc(SCCCC(=O)N3CCN(C(=O)CC(C)(C)C)C(C)C3)n2-c2cccc(Cl)c2)cc1. The predicted octanol–water partition coefficient (Wildman–Crippen LogP) is 6.26. The lowest BCUT2D eigenvalue weighted by Gasteiger charge is -2.41. The lowest BCUT2D eigenvalue weighted by molar-refractivity contribution is -0.143. The van der Waals surface area contributed by atoms with Crippen LogP contribution in [-0.4, -0.2) is 67.8 Å². The Hall–Kier alpha value is -2.84. The molecule has 9 heteroatoms. The van der Waals surface area contributed by atoms with Gasteiger partial charge in [-0.25, -0.2) is 0 Å². The van der Waals surface area contributed by atoms with Crippen LogP contribution in [0.25, 0.3) is 17.1 Å². The van der Waals surface area contributed by atoms with Gasteiger partial charge in [0.25, 0.3) is 0 Å². The van der Waals surface area contributed by atoms with Gasteiger partial charge in [-0.2, -0.15) is 0 Å². The van der Waals surface area contributed by atoms with Crippen molar-refractivity contribution < 1.29 is 9.59 Å². The number of aryl methyl sites for hydroxylation is 1. The van der Waals surface area contributed by atoms with Gasteiger partial charge in [0.2, 0.25) is 11.8 Å². The van der Waals surface area contributed by atoms with Crippen LogP contribution in [0.3, 0.4) is 0 Å². The molecule has 1 atom stereocenters. The van der Waals surface area contributed by atoms with Gasteiger partial charge in [-0.05, 0) is 43.9 Å². The van der Waals surface area contributed by atoms with E-state index in [4.69, 9.17) is 11.6 Å². The van der Waals surface area contributed by atoms with Crippen molar-refractivity contribution in [3.05, 3.63) is 59.1 Å². The molecule has 0 N–H and O–H groups in total. The maximum Gasteiger partial charge on any atom is 0.223 e. The van der Waals surface area contributed by atoms with E-state index in [0.717, 1.165) is 34.4 Å². The van der Waals surface area contributed by atoms with Gasteiger partial charge in [0.1, 0.15) is 0 Å². The maximum atomic E-state index is 13.0. The number of piperazine rings is 1. The Kier molecular flexibility index (Phi) is 9.39. The summed E-state index contributed by atoms with van der Waals surface area (Å²) in [6.45, 7) is 12.1. The molecule has 4 rings (SSSR count). The number of aromatic nitrogens is 3. The quantitative estimate of drug-likeness (QED) is 0.237. The summed E-state index contributed by atoms with van der Waals surface area (Å²) in [5.74, 6) is 1.80. The number of thioether (sulfide) groups is 1. The van der Waals surface area contributed by atoms with Gasteiger partial charge in [0, 0.05) is 54.9 Å². The molecule has 1 aromatic heterocycles. The zero-order valence-corrected chi connectivity index (χ0v) is 25.1. The Morgan fingerprint density at radius 2 is 1.79 bits per heavy atom. The fourth-order valence-electron chi connectivity index (χ4n) is 4.76. The number of carbonyl (C=O) groups excluding carboxylic acids is 2. The largest absolute Gasteiger partial charge is 0.339 e. The van der Waals surface area contributed by atoms with Crippen LogP contribution in [0.5, 0.6) is 0 Å². The first-order valence-electron chi connectivity index (χ1n) is 13.5. The molecule has 2 aromatic carbocycles. The highest BCUT2D eigenvalue weighted by atomic mass is 35.5. The Balaban J connectivity index is 1.36. The van der Waals surface area contributed by atoms with Crippen molar-refractivity contribution >= 4 is 35.2 Å². The minimum atomic E-state index is -0.0423. The standard InChI is InChI=1S/C30H38ClN5O2S/c1-21-11-13-23(14-12-21)28-32-33-29(36(28)25-9-6-8-24(31)18-25)39-17-7-10-26(37)34-15-16-35(22(2)20-34)27(38)19-30(3,4)5/h6,8-9,11-14,18,22H,7,10,15-17,19-20H2,1-5H3. The summed E-state index contributed by atoms with van der Waals surface area (Å²) < 4.78 is 2.03. The molecular formula is C30H38ClN5O2S. The fourth-order valence-corrected chi connectivity index (χ4v) is 5.83. The topological polar surface area (TPSA) is 71.3 Å². The summed E-state index contributed by atoms with van der Waals surface area (Å²) in [6.07, 6.45) is 1.71. The smallest absolute Gasteiger partial charge is 0.223 e. The first-order valence-corrected chi connectivity index (χ1v) is 14.9. The lowest BCUT2D eigenvalue weighted by atomic mass is 9.91. The first kappa shape index (κ1) is 29.2. The van der Waals surface area contributed by atoms with Crippen LogP contribution >= 0.6 is 23.4 Å². The van der Waals surface area contributed by atoms with E-state index in [-0.39, 0.29) is 23.3 Å². The third-order valence-corrected chi connectivity index (χ3v) is 8.01. The zero-order valence-electron chi connectivity index (χ0n) is 23.5. The molecule has 2 heterocycles. The first-order chi connectivity index (χ1) is 18.5. The highest BCUT2D eigenvalue weighted by molar-refractivity contribution is 7.99. The van der Waals surface area contributed by atoms with Crippen LogP contribution in [0, 0.1) is 12.3 Å². The minimum Gasteiger partial charge on any atom is -0.339 e. The van der Waals surface area contributed by atoms with E-state index in [1.165, 1.54) is 5.56 Å². The van der Waals surface area contributed by atoms with Crippen molar-refractivity contribution in [2.45, 2.75) is 65.1 Å². The number of rotatable bonds is 8. The lowest BCUT2D eigenvalue weighted by Crippen LogP contribution is -2.55. The average Bonchev–Trinajstić information content (AvgIpc) is 3.29. The van der Waals surface area contributed by atoms with Crippen molar-refractivity contribution in [1.29, 1.82) is 0 Å². The highest BCUT2D eigenvalue weighted by Gasteiger charge is 2.31. The molecule has 0 bridgehead atoms. The van der Waals surface area contributed by atoms with E-state index in [1.54, 1.807) is 11.8 Å². The molecule has 7 nitrogen and oxygen atoms in total. The Morgan fingerprint density at radius 1 is 1.05 bits per heavy atom. The summed E-state index contributed by atoms with van der Waals surface area (Å²) in [6, 6.07) is 15.9. The van der Waals surface area contributed by atoms with Gasteiger partial charge in [-0.15, -0.1) is 10.2 Å². The molecule has 1 aliphatic heterocycles. The van der Waals surface area contributed by atoms with Gasteiger partial charge in [0.15, 0.2) is 11.0 Å². The van der Waals surface area contributed by atoms with E-state index in [9.17, 15) is 9.59 Å². The predicted molar refractivity (Wildman–Crippen MR) is 158 cm³/mol. The van der Waals surface area contributed by atoms with Crippen LogP contribution in [0.1, 0.15) is 52.5 Å². The maximum absolute atomic E-state index is 13.0. The van der Waals surface area contributed by atoms with Crippen LogP contribution in [0.4, 0.5) is 0 Å². The molecule has 0 saturated carbocycles. The van der Waals surface area contributed by atoms with Crippen molar-refractivity contribution in [3.63, 3.8) is 0 Å². The Bertz CT molecular complexity index is 1300. The van der Waals surface area contributed by atoms with Crippen LogP contribution in [-0.2, 0) is 9.59 Å². The number of carbonyl (C=O) groups is 2. The summed E-state index contributed by atoms with van der Waals surface area (Å²) in [4.78, 5) is 29.5. The van der Waals surface area contributed by atoms with E-state index in [1.807, 2.05) is 57.7 Å². The molecule has 0 spiro atoms. The van der Waals surface area contributed by atoms with Crippen molar-refractivity contribution in [2.24, 2.45) is 5.41 Å². The number of hydrogen-bond acceptors (Lipinski definition) is 5. The van der Waals surface area contributed by atoms with Gasteiger partial charge >= 0.3 is 0 Å². The fraction of sp³-hybridized carbons (Fsp3) is 0.467. The number of halogens is 1. The van der Waals surface area contributed by atoms with Gasteiger partial charge in [-0.3, -0.25) is 14.2 Å². The number of nitrogens with zero attached hydrogens (tertiary/aromatic N) is 5. The summed E-state index contributed by atoms with van der Waals surface area (Å²) >= 11 is 7.90. The summed E-state index contributed by atoms with van der Waals surface area (Å²) in [5.41, 5.74) is 3.01. The van der Waals surface area contributed by atoms with Crippen molar-refractivity contribution in [3.8, 4) is 17.1 Å². The summed E-state index contributed by atoms with van der Waals surface area (Å²) in [7, 11) is 0.